The lowest BCUT2D eigenvalue weighted by Gasteiger charge is -2.19. The summed E-state index contributed by atoms with van der Waals surface area (Å²) in [4.78, 5) is 35.1. The van der Waals surface area contributed by atoms with Crippen LogP contribution in [-0.2, 0) is 19.1 Å². The first-order valence-electron chi connectivity index (χ1n) is 6.93. The van der Waals surface area contributed by atoms with Crippen molar-refractivity contribution >= 4 is 17.8 Å². The molecule has 0 saturated carbocycles. The first kappa shape index (κ1) is 17.7. The molecule has 1 aromatic rings. The van der Waals surface area contributed by atoms with Crippen LogP contribution in [0, 0.1) is 0 Å². The molecule has 1 rings (SSSR count). The molecule has 22 heavy (non-hydrogen) atoms. The van der Waals surface area contributed by atoms with Crippen molar-refractivity contribution in [3.8, 4) is 0 Å². The maximum absolute atomic E-state index is 11.9. The Bertz CT molecular complexity index is 533. The van der Waals surface area contributed by atoms with Crippen molar-refractivity contribution in [3.05, 3.63) is 35.9 Å². The molecular weight excluding hydrogens is 286 g/mol. The van der Waals surface area contributed by atoms with Gasteiger partial charge in [0.1, 0.15) is 11.6 Å². The first-order chi connectivity index (χ1) is 10.2. The minimum atomic E-state index is -0.866. The Morgan fingerprint density at radius 3 is 2.27 bits per heavy atom. The Balaban J connectivity index is 2.42. The number of ether oxygens (including phenoxy) is 2. The smallest absolute Gasteiger partial charge is 0.344 e. The highest BCUT2D eigenvalue weighted by atomic mass is 16.6. The fraction of sp³-hybridized carbons (Fsp3) is 0.438. The largest absolute Gasteiger partial charge is 0.457 e. The van der Waals surface area contributed by atoms with Crippen LogP contribution in [0.2, 0.25) is 0 Å². The number of esters is 2. The molecular formula is C16H21NO5. The predicted molar refractivity (Wildman–Crippen MR) is 80.2 cm³/mol. The highest BCUT2D eigenvalue weighted by molar-refractivity contribution is 5.96. The van der Waals surface area contributed by atoms with E-state index in [1.165, 1.54) is 6.92 Å². The first-order valence-corrected chi connectivity index (χ1v) is 6.93. The van der Waals surface area contributed by atoms with Crippen LogP contribution < -0.4 is 5.32 Å². The van der Waals surface area contributed by atoms with Crippen molar-refractivity contribution in [2.45, 2.75) is 39.3 Å². The average Bonchev–Trinajstić information content (AvgIpc) is 2.43. The fourth-order valence-electron chi connectivity index (χ4n) is 1.55. The van der Waals surface area contributed by atoms with E-state index in [0.717, 1.165) is 0 Å². The van der Waals surface area contributed by atoms with Gasteiger partial charge in [0.15, 0.2) is 6.61 Å². The van der Waals surface area contributed by atoms with Gasteiger partial charge in [-0.15, -0.1) is 0 Å². The minimum Gasteiger partial charge on any atom is -0.457 e. The standard InChI is InChI=1S/C16H21NO5/c1-11(17-14(19)12-8-6-5-7-9-12)15(20)21-10-13(18)22-16(2,3)4/h5-9,11H,10H2,1-4H3,(H,17,19)/t11-/m0/s1. The SMILES string of the molecule is C[C@H](NC(=O)c1ccccc1)C(=O)OCC(=O)OC(C)(C)C. The number of benzene rings is 1. The van der Waals surface area contributed by atoms with Gasteiger partial charge in [-0.25, -0.2) is 9.59 Å². The Hall–Kier alpha value is -2.37. The van der Waals surface area contributed by atoms with E-state index in [0.29, 0.717) is 5.56 Å². The lowest BCUT2D eigenvalue weighted by Crippen LogP contribution is -2.40. The topological polar surface area (TPSA) is 81.7 Å². The van der Waals surface area contributed by atoms with E-state index in [1.54, 1.807) is 51.1 Å². The second kappa shape index (κ2) is 7.59. The van der Waals surface area contributed by atoms with Crippen LogP contribution in [0.3, 0.4) is 0 Å². The van der Waals surface area contributed by atoms with Crippen molar-refractivity contribution < 1.29 is 23.9 Å². The number of hydrogen-bond acceptors (Lipinski definition) is 5. The van der Waals surface area contributed by atoms with Crippen LogP contribution >= 0.6 is 0 Å². The Morgan fingerprint density at radius 1 is 1.14 bits per heavy atom. The lowest BCUT2D eigenvalue weighted by atomic mass is 10.2. The van der Waals surface area contributed by atoms with Gasteiger partial charge in [0.2, 0.25) is 0 Å². The van der Waals surface area contributed by atoms with Crippen molar-refractivity contribution in [2.75, 3.05) is 6.61 Å². The molecule has 0 bridgehead atoms. The molecule has 120 valence electrons. The van der Waals surface area contributed by atoms with Gasteiger partial charge >= 0.3 is 11.9 Å². The normalized spacial score (nSPS) is 12.2. The average molecular weight is 307 g/mol. The van der Waals surface area contributed by atoms with Gasteiger partial charge in [-0.1, -0.05) is 18.2 Å². The van der Waals surface area contributed by atoms with Crippen LogP contribution in [0.4, 0.5) is 0 Å². The minimum absolute atomic E-state index is 0.387. The number of amides is 1. The molecule has 6 heteroatoms. The second-order valence-electron chi connectivity index (χ2n) is 5.76. The summed E-state index contributed by atoms with van der Waals surface area (Å²) < 4.78 is 9.83. The molecule has 0 fully saturated rings. The number of rotatable bonds is 5. The van der Waals surface area contributed by atoms with Gasteiger partial charge < -0.3 is 14.8 Å². The monoisotopic (exact) mass is 307 g/mol. The Labute approximate surface area is 129 Å². The molecule has 1 N–H and O–H groups in total. The highest BCUT2D eigenvalue weighted by Crippen LogP contribution is 2.07. The van der Waals surface area contributed by atoms with E-state index in [4.69, 9.17) is 9.47 Å². The van der Waals surface area contributed by atoms with Crippen molar-refractivity contribution in [1.29, 1.82) is 0 Å². The molecule has 0 unspecified atom stereocenters. The zero-order valence-electron chi connectivity index (χ0n) is 13.2. The van der Waals surface area contributed by atoms with Crippen LogP contribution in [0.25, 0.3) is 0 Å². The van der Waals surface area contributed by atoms with E-state index in [9.17, 15) is 14.4 Å². The van der Waals surface area contributed by atoms with Crippen molar-refractivity contribution in [2.24, 2.45) is 0 Å². The van der Waals surface area contributed by atoms with Crippen molar-refractivity contribution in [3.63, 3.8) is 0 Å². The molecule has 0 heterocycles. The molecule has 1 amide bonds. The highest BCUT2D eigenvalue weighted by Gasteiger charge is 2.21. The third-order valence-electron chi connectivity index (χ3n) is 2.49. The van der Waals surface area contributed by atoms with Crippen molar-refractivity contribution in [1.82, 2.24) is 5.32 Å². The van der Waals surface area contributed by atoms with Gasteiger partial charge in [-0.3, -0.25) is 4.79 Å². The summed E-state index contributed by atoms with van der Waals surface area (Å²) in [5.74, 6) is -1.72. The zero-order chi connectivity index (χ0) is 16.8. The summed E-state index contributed by atoms with van der Waals surface area (Å²) >= 11 is 0. The lowest BCUT2D eigenvalue weighted by molar-refractivity contribution is -0.167. The van der Waals surface area contributed by atoms with Gasteiger partial charge in [-0.05, 0) is 39.8 Å². The predicted octanol–water partition coefficient (Wildman–Crippen LogP) is 1.69. The third-order valence-corrected chi connectivity index (χ3v) is 2.49. The summed E-state index contributed by atoms with van der Waals surface area (Å²) in [6.45, 7) is 6.15. The number of hydrogen-bond donors (Lipinski definition) is 1. The quantitative estimate of drug-likeness (QED) is 0.837. The summed E-state index contributed by atoms with van der Waals surface area (Å²) in [5, 5.41) is 2.50. The number of carbonyl (C=O) groups excluding carboxylic acids is 3. The Morgan fingerprint density at radius 2 is 1.73 bits per heavy atom. The molecule has 6 nitrogen and oxygen atoms in total. The molecule has 0 aliphatic carbocycles. The van der Waals surface area contributed by atoms with E-state index in [2.05, 4.69) is 5.32 Å². The molecule has 1 atom stereocenters. The van der Waals surface area contributed by atoms with E-state index in [1.807, 2.05) is 0 Å². The van der Waals surface area contributed by atoms with Crippen LogP contribution in [0.1, 0.15) is 38.1 Å². The molecule has 0 saturated heterocycles. The molecule has 0 spiro atoms. The molecule has 1 aromatic carbocycles. The van der Waals surface area contributed by atoms with Gasteiger partial charge in [-0.2, -0.15) is 0 Å². The van der Waals surface area contributed by atoms with Gasteiger partial charge in [0, 0.05) is 5.56 Å². The number of nitrogens with one attached hydrogen (secondary N) is 1. The van der Waals surface area contributed by atoms with Crippen LogP contribution in [-0.4, -0.2) is 36.1 Å². The van der Waals surface area contributed by atoms with Gasteiger partial charge in [0.25, 0.3) is 5.91 Å². The number of carbonyl (C=O) groups is 3. The zero-order valence-corrected chi connectivity index (χ0v) is 13.2. The summed E-state index contributed by atoms with van der Waals surface area (Å²) in [6, 6.07) is 7.63. The molecule has 0 aliphatic rings. The summed E-state index contributed by atoms with van der Waals surface area (Å²) in [5.41, 5.74) is -0.203. The fourth-order valence-corrected chi connectivity index (χ4v) is 1.55. The van der Waals surface area contributed by atoms with E-state index < -0.39 is 30.2 Å². The summed E-state index contributed by atoms with van der Waals surface area (Å²) in [7, 11) is 0. The Kier molecular flexibility index (Phi) is 6.10. The second-order valence-corrected chi connectivity index (χ2v) is 5.76. The summed E-state index contributed by atoms with van der Waals surface area (Å²) in [6.07, 6.45) is 0. The maximum Gasteiger partial charge on any atom is 0.344 e. The van der Waals surface area contributed by atoms with Crippen LogP contribution in [0.5, 0.6) is 0 Å². The molecule has 0 aliphatic heterocycles. The van der Waals surface area contributed by atoms with E-state index >= 15 is 0 Å². The molecule has 0 aromatic heterocycles. The van der Waals surface area contributed by atoms with E-state index in [-0.39, 0.29) is 5.91 Å². The molecule has 0 radical (unpaired) electrons. The van der Waals surface area contributed by atoms with Crippen LogP contribution in [0.15, 0.2) is 30.3 Å². The van der Waals surface area contributed by atoms with Gasteiger partial charge in [0.05, 0.1) is 0 Å². The maximum atomic E-state index is 11.9. The third kappa shape index (κ3) is 6.39.